The second-order valence-electron chi connectivity index (χ2n) is 4.53. The molecule has 0 spiro atoms. The minimum Gasteiger partial charge on any atom is -0.494 e. The van der Waals surface area contributed by atoms with Crippen LogP contribution in [-0.2, 0) is 0 Å². The first-order chi connectivity index (χ1) is 8.15. The van der Waals surface area contributed by atoms with Gasteiger partial charge in [0.25, 0.3) is 0 Å². The van der Waals surface area contributed by atoms with Gasteiger partial charge in [0.05, 0.1) is 6.61 Å². The van der Waals surface area contributed by atoms with E-state index in [0.717, 1.165) is 12.8 Å². The smallest absolute Gasteiger partial charge is 0.194 e. The van der Waals surface area contributed by atoms with Gasteiger partial charge in [0.15, 0.2) is 5.78 Å². The Balaban J connectivity index is 2.21. The first-order valence-corrected chi connectivity index (χ1v) is 6.16. The van der Waals surface area contributed by atoms with Crippen molar-refractivity contribution in [2.24, 2.45) is 0 Å². The fraction of sp³-hybridized carbons (Fsp3) is 0.500. The fourth-order valence-electron chi connectivity index (χ4n) is 2.35. The van der Waals surface area contributed by atoms with Crippen LogP contribution in [0.2, 0.25) is 0 Å². The Bertz CT molecular complexity index is 406. The third-order valence-electron chi connectivity index (χ3n) is 3.26. The molecule has 0 aliphatic heterocycles. The number of hydrogen-bond acceptors (Lipinski definition) is 3. The van der Waals surface area contributed by atoms with E-state index < -0.39 is 5.60 Å². The van der Waals surface area contributed by atoms with Crippen LogP contribution < -0.4 is 4.74 Å². The highest BCUT2D eigenvalue weighted by Crippen LogP contribution is 2.33. The van der Waals surface area contributed by atoms with Gasteiger partial charge in [-0.2, -0.15) is 0 Å². The van der Waals surface area contributed by atoms with Crippen LogP contribution in [0.25, 0.3) is 0 Å². The van der Waals surface area contributed by atoms with Crippen molar-refractivity contribution in [3.63, 3.8) is 0 Å². The molecule has 1 fully saturated rings. The van der Waals surface area contributed by atoms with Crippen molar-refractivity contribution in [3.05, 3.63) is 29.8 Å². The van der Waals surface area contributed by atoms with E-state index in [9.17, 15) is 9.90 Å². The van der Waals surface area contributed by atoms with Crippen molar-refractivity contribution in [1.29, 1.82) is 0 Å². The molecular weight excluding hydrogens is 216 g/mol. The number of carbonyl (C=O) groups excluding carboxylic acids is 1. The Morgan fingerprint density at radius 2 is 2.12 bits per heavy atom. The van der Waals surface area contributed by atoms with Crippen molar-refractivity contribution < 1.29 is 14.6 Å². The van der Waals surface area contributed by atoms with E-state index in [2.05, 4.69) is 0 Å². The largest absolute Gasteiger partial charge is 0.494 e. The Kier molecular flexibility index (Phi) is 3.48. The first kappa shape index (κ1) is 12.1. The molecule has 0 saturated heterocycles. The molecule has 1 aromatic carbocycles. The number of Topliss-reactive ketones (excluding diaryl/α,β-unsaturated/α-hetero) is 1. The van der Waals surface area contributed by atoms with Crippen LogP contribution in [0.15, 0.2) is 24.3 Å². The van der Waals surface area contributed by atoms with Gasteiger partial charge in [-0.3, -0.25) is 4.79 Å². The average Bonchev–Trinajstić information content (AvgIpc) is 2.77. The lowest BCUT2D eigenvalue weighted by Crippen LogP contribution is -2.35. The zero-order chi connectivity index (χ0) is 12.3. The summed E-state index contributed by atoms with van der Waals surface area (Å²) in [7, 11) is 0. The molecule has 0 radical (unpaired) electrons. The Hall–Kier alpha value is -1.35. The summed E-state index contributed by atoms with van der Waals surface area (Å²) >= 11 is 0. The second kappa shape index (κ2) is 4.88. The molecule has 0 heterocycles. The van der Waals surface area contributed by atoms with Gasteiger partial charge >= 0.3 is 0 Å². The van der Waals surface area contributed by atoms with Crippen LogP contribution in [0, 0.1) is 0 Å². The molecule has 92 valence electrons. The molecule has 2 rings (SSSR count). The molecule has 0 amide bonds. The Morgan fingerprint density at radius 1 is 1.41 bits per heavy atom. The van der Waals surface area contributed by atoms with Crippen molar-refractivity contribution in [2.45, 2.75) is 38.2 Å². The van der Waals surface area contributed by atoms with Gasteiger partial charge in [-0.15, -0.1) is 0 Å². The van der Waals surface area contributed by atoms with Gasteiger partial charge in [0, 0.05) is 5.56 Å². The zero-order valence-electron chi connectivity index (χ0n) is 10.1. The number of carbonyl (C=O) groups is 1. The van der Waals surface area contributed by atoms with Gasteiger partial charge in [-0.1, -0.05) is 12.1 Å². The molecule has 0 atom stereocenters. The van der Waals surface area contributed by atoms with E-state index in [0.29, 0.717) is 30.8 Å². The number of ketones is 1. The highest BCUT2D eigenvalue weighted by Gasteiger charge is 2.39. The van der Waals surface area contributed by atoms with Gasteiger partial charge in [0.2, 0.25) is 0 Å². The van der Waals surface area contributed by atoms with Crippen LogP contribution in [-0.4, -0.2) is 23.1 Å². The monoisotopic (exact) mass is 234 g/mol. The molecule has 3 heteroatoms. The quantitative estimate of drug-likeness (QED) is 0.814. The van der Waals surface area contributed by atoms with E-state index in [1.807, 2.05) is 13.0 Å². The predicted molar refractivity (Wildman–Crippen MR) is 65.4 cm³/mol. The summed E-state index contributed by atoms with van der Waals surface area (Å²) in [5, 5.41) is 10.2. The minimum atomic E-state index is -1.15. The van der Waals surface area contributed by atoms with Crippen molar-refractivity contribution in [1.82, 2.24) is 0 Å². The van der Waals surface area contributed by atoms with Gasteiger partial charge in [-0.25, -0.2) is 0 Å². The lowest BCUT2D eigenvalue weighted by molar-refractivity contribution is 0.0353. The predicted octanol–water partition coefficient (Wildman–Crippen LogP) is 2.57. The van der Waals surface area contributed by atoms with Gasteiger partial charge in [-0.05, 0) is 44.7 Å². The Morgan fingerprint density at radius 3 is 2.76 bits per heavy atom. The summed E-state index contributed by atoms with van der Waals surface area (Å²) < 4.78 is 5.36. The Labute approximate surface area is 101 Å². The molecule has 0 aromatic heterocycles. The maximum atomic E-state index is 12.2. The number of rotatable bonds is 4. The van der Waals surface area contributed by atoms with Crippen molar-refractivity contribution in [3.8, 4) is 5.75 Å². The van der Waals surface area contributed by atoms with Crippen LogP contribution in [0.4, 0.5) is 0 Å². The maximum Gasteiger partial charge on any atom is 0.194 e. The van der Waals surface area contributed by atoms with E-state index in [1.165, 1.54) is 0 Å². The molecule has 17 heavy (non-hydrogen) atoms. The normalized spacial score (nSPS) is 18.0. The molecule has 3 nitrogen and oxygen atoms in total. The van der Waals surface area contributed by atoms with Crippen molar-refractivity contribution in [2.75, 3.05) is 6.61 Å². The van der Waals surface area contributed by atoms with Gasteiger partial charge < -0.3 is 9.84 Å². The number of ether oxygens (including phenoxy) is 1. The standard InChI is InChI=1S/C14H18O3/c1-2-17-12-7-5-6-11(10-12)13(15)14(16)8-3-4-9-14/h5-7,10,16H,2-4,8-9H2,1H3. The summed E-state index contributed by atoms with van der Waals surface area (Å²) in [5.74, 6) is 0.511. The number of benzene rings is 1. The summed E-state index contributed by atoms with van der Waals surface area (Å²) in [6, 6.07) is 7.05. The molecule has 1 aliphatic rings. The molecule has 1 aromatic rings. The number of aliphatic hydroxyl groups is 1. The first-order valence-electron chi connectivity index (χ1n) is 6.16. The van der Waals surface area contributed by atoms with Crippen LogP contribution in [0.3, 0.4) is 0 Å². The summed E-state index contributed by atoms with van der Waals surface area (Å²) in [6.07, 6.45) is 3.00. The summed E-state index contributed by atoms with van der Waals surface area (Å²) in [4.78, 5) is 12.2. The van der Waals surface area contributed by atoms with Crippen LogP contribution >= 0.6 is 0 Å². The summed E-state index contributed by atoms with van der Waals surface area (Å²) in [5.41, 5.74) is -0.606. The van der Waals surface area contributed by atoms with E-state index in [-0.39, 0.29) is 5.78 Å². The fourth-order valence-corrected chi connectivity index (χ4v) is 2.35. The SMILES string of the molecule is CCOc1cccc(C(=O)C2(O)CCCC2)c1. The topological polar surface area (TPSA) is 46.5 Å². The summed E-state index contributed by atoms with van der Waals surface area (Å²) in [6.45, 7) is 2.47. The van der Waals surface area contributed by atoms with Crippen LogP contribution in [0.1, 0.15) is 43.0 Å². The van der Waals surface area contributed by atoms with E-state index in [1.54, 1.807) is 18.2 Å². The van der Waals surface area contributed by atoms with E-state index in [4.69, 9.17) is 4.74 Å². The van der Waals surface area contributed by atoms with Crippen molar-refractivity contribution >= 4 is 5.78 Å². The lowest BCUT2D eigenvalue weighted by Gasteiger charge is -2.20. The highest BCUT2D eigenvalue weighted by molar-refractivity contribution is 6.02. The maximum absolute atomic E-state index is 12.2. The van der Waals surface area contributed by atoms with E-state index >= 15 is 0 Å². The van der Waals surface area contributed by atoms with Crippen LogP contribution in [0.5, 0.6) is 5.75 Å². The molecule has 0 unspecified atom stereocenters. The lowest BCUT2D eigenvalue weighted by atomic mass is 9.91. The highest BCUT2D eigenvalue weighted by atomic mass is 16.5. The van der Waals surface area contributed by atoms with Gasteiger partial charge in [0.1, 0.15) is 11.4 Å². The minimum absolute atomic E-state index is 0.170. The molecule has 0 bridgehead atoms. The third kappa shape index (κ3) is 2.50. The molecule has 1 N–H and O–H groups in total. The average molecular weight is 234 g/mol. The molecule has 1 aliphatic carbocycles. The molecule has 1 saturated carbocycles. The zero-order valence-corrected chi connectivity index (χ0v) is 10.1. The second-order valence-corrected chi connectivity index (χ2v) is 4.53. The number of hydrogen-bond donors (Lipinski definition) is 1. The molecular formula is C14H18O3. The third-order valence-corrected chi connectivity index (χ3v) is 3.26.